The van der Waals surface area contributed by atoms with E-state index < -0.39 is 0 Å². The molecule has 0 aliphatic heterocycles. The van der Waals surface area contributed by atoms with Crippen molar-refractivity contribution >= 4 is 121 Å². The van der Waals surface area contributed by atoms with E-state index in [9.17, 15) is 0 Å². The zero-order chi connectivity index (χ0) is 74.9. The molecule has 110 heavy (non-hydrogen) atoms. The van der Waals surface area contributed by atoms with Crippen LogP contribution in [0.5, 0.6) is 0 Å². The van der Waals surface area contributed by atoms with Crippen molar-refractivity contribution in [2.75, 3.05) is 0 Å². The summed E-state index contributed by atoms with van der Waals surface area (Å²) < 4.78 is 0. The third-order valence-electron chi connectivity index (χ3n) is 14.0. The lowest BCUT2D eigenvalue weighted by molar-refractivity contribution is 1.13. The van der Waals surface area contributed by atoms with Crippen molar-refractivity contribution in [1.29, 1.82) is 0 Å². The van der Waals surface area contributed by atoms with Gasteiger partial charge in [0.25, 0.3) is 0 Å². The van der Waals surface area contributed by atoms with Crippen LogP contribution in [0.4, 0.5) is 0 Å². The SMILES string of the molecule is c1cc2ccncc2cn1.c1cc2cnccc2cn1.c1cc2cncnc2cn1.c1cc2nccnc2cn1.c1cc2ncncc2cn1.c1cnc2cncnc2c1.c1cnc2nccnc2c1.c1cnc2nccnc2n1.c1cnc2ncncc2c1.c1ncc2cncnc2n1.c1ncc2ncncc2n1. The van der Waals surface area contributed by atoms with Crippen molar-refractivity contribution < 1.29 is 0 Å². The molecule has 0 unspecified atom stereocenters. The van der Waals surface area contributed by atoms with Crippen molar-refractivity contribution in [2.45, 2.75) is 0 Å². The quantitative estimate of drug-likeness (QED) is 0.136. The predicted molar refractivity (Wildman–Crippen MR) is 408 cm³/mol. The molecule has 22 aromatic heterocycles. The van der Waals surface area contributed by atoms with Crippen molar-refractivity contribution in [2.24, 2.45) is 0 Å². The molecule has 528 valence electrons. The number of rotatable bonds is 0. The third-order valence-corrected chi connectivity index (χ3v) is 14.0. The van der Waals surface area contributed by atoms with Crippen molar-refractivity contribution in [3.63, 3.8) is 0 Å². The number of nitrogens with zero attached hydrogens (tertiary/aromatic N) is 34. The zero-order valence-electron chi connectivity index (χ0n) is 57.4. The molecule has 0 amide bonds. The molecule has 22 heterocycles. The first-order chi connectivity index (χ1) is 54.6. The normalized spacial score (nSPS) is 10.0. The van der Waals surface area contributed by atoms with Gasteiger partial charge in [0.2, 0.25) is 0 Å². The van der Waals surface area contributed by atoms with Gasteiger partial charge in [-0.1, -0.05) is 0 Å². The lowest BCUT2D eigenvalue weighted by Crippen LogP contribution is -1.87. The molecule has 0 atom stereocenters. The van der Waals surface area contributed by atoms with Crippen LogP contribution >= 0.6 is 0 Å². The first-order valence-electron chi connectivity index (χ1n) is 32.5. The highest BCUT2D eigenvalue weighted by atomic mass is 15.0. The Morgan fingerprint density at radius 1 is 0.118 bits per heavy atom. The zero-order valence-corrected chi connectivity index (χ0v) is 57.4. The molecule has 0 aromatic carbocycles. The van der Waals surface area contributed by atoms with Gasteiger partial charge < -0.3 is 0 Å². The Kier molecular flexibility index (Phi) is 27.1. The molecule has 0 fully saturated rings. The van der Waals surface area contributed by atoms with Gasteiger partial charge in [-0.15, -0.1) is 0 Å². The fourth-order valence-corrected chi connectivity index (χ4v) is 8.93. The second-order valence-corrected chi connectivity index (χ2v) is 21.2. The highest BCUT2D eigenvalue weighted by molar-refractivity contribution is 5.81. The molecule has 0 saturated carbocycles. The van der Waals surface area contributed by atoms with Crippen LogP contribution in [0.15, 0.2) is 334 Å². The van der Waals surface area contributed by atoms with E-state index >= 15 is 0 Å². The highest BCUT2D eigenvalue weighted by Crippen LogP contribution is 2.12. The van der Waals surface area contributed by atoms with E-state index in [-0.39, 0.29) is 0 Å². The molecular formula is C76H54N34. The summed E-state index contributed by atoms with van der Waals surface area (Å²) in [5, 5.41) is 8.39. The van der Waals surface area contributed by atoms with Crippen molar-refractivity contribution in [3.8, 4) is 0 Å². The summed E-state index contributed by atoms with van der Waals surface area (Å²) in [6.45, 7) is 0. The molecule has 22 aromatic rings. The number of pyridine rings is 10. The minimum Gasteiger partial charge on any atom is -0.264 e. The van der Waals surface area contributed by atoms with Crippen LogP contribution in [-0.4, -0.2) is 169 Å². The maximum Gasteiger partial charge on any atom is 0.197 e. The van der Waals surface area contributed by atoms with E-state index in [0.717, 1.165) is 93.0 Å². The maximum absolute atomic E-state index is 4.08. The Bertz CT molecular complexity index is 4430. The molecule has 0 spiro atoms. The maximum atomic E-state index is 4.08. The summed E-state index contributed by atoms with van der Waals surface area (Å²) in [6, 6.07) is 24.7. The van der Waals surface area contributed by atoms with Crippen LogP contribution < -0.4 is 0 Å². The molecule has 34 heteroatoms. The Balaban J connectivity index is 0.000000113. The van der Waals surface area contributed by atoms with E-state index in [0.29, 0.717) is 22.6 Å². The highest BCUT2D eigenvalue weighted by Gasteiger charge is 1.98. The van der Waals surface area contributed by atoms with Gasteiger partial charge in [-0.05, 0) is 84.2 Å². The molecule has 0 bridgehead atoms. The molecule has 34 nitrogen and oxygen atoms in total. The first kappa shape index (κ1) is 73.1. The largest absolute Gasteiger partial charge is 0.264 e. The van der Waals surface area contributed by atoms with Crippen LogP contribution in [0, 0.1) is 0 Å². The van der Waals surface area contributed by atoms with E-state index in [1.165, 1.54) is 56.0 Å². The van der Waals surface area contributed by atoms with Crippen molar-refractivity contribution in [3.05, 3.63) is 334 Å². The third kappa shape index (κ3) is 22.7. The van der Waals surface area contributed by atoms with Crippen LogP contribution in [0.25, 0.3) is 121 Å². The second kappa shape index (κ2) is 40.8. The van der Waals surface area contributed by atoms with E-state index in [1.807, 2.05) is 104 Å². The summed E-state index contributed by atoms with van der Waals surface area (Å²) in [5.74, 6) is 0. The van der Waals surface area contributed by atoms with Gasteiger partial charge in [-0.3, -0.25) is 54.8 Å². The van der Waals surface area contributed by atoms with Gasteiger partial charge in [-0.2, -0.15) is 0 Å². The smallest absolute Gasteiger partial charge is 0.197 e. The standard InChI is InChI=1S/2C8H6N2.6C7H5N3.3C6H4N4/c1-3-9-6-8-2-4-10-5-7(1)8;1-3-9-5-8-6-10-4-2-7(1)8;1-2-8-3-6-4-9-5-10-7(1)6;1-2-8-4-7-6(1)3-9-5-10-7;1-2-8-5-7-6(1)9-3-4-10-7;1-2-6-7(9-3-1)4-8-5-10-6;1-2-6-4-8-5-10-7(6)9-3-1;1-2-6-7(9-3-1)10-5-4-8-6;1-5-6(10-3-7-1)2-8-4-9-5;1-5-2-8-4-10-6(5)9-3-7-1;1-2-8-6-5(7-1)9-3-4-10-6/h2*1-6H;6*1-5H;3*1-4H. The monoisotopic (exact) mass is 1440 g/mol. The van der Waals surface area contributed by atoms with Gasteiger partial charge in [-0.25, -0.2) is 115 Å². The van der Waals surface area contributed by atoms with Gasteiger partial charge in [0.1, 0.15) is 78.2 Å². The van der Waals surface area contributed by atoms with Gasteiger partial charge in [0.05, 0.1) is 58.4 Å². The number of aromatic nitrogens is 34. The summed E-state index contributed by atoms with van der Waals surface area (Å²) in [6.07, 6.45) is 68.4. The molecule has 0 radical (unpaired) electrons. The summed E-state index contributed by atoms with van der Waals surface area (Å²) >= 11 is 0. The molecule has 0 N–H and O–H groups in total. The summed E-state index contributed by atoms with van der Waals surface area (Å²) in [4.78, 5) is 134. The van der Waals surface area contributed by atoms with Gasteiger partial charge in [0.15, 0.2) is 28.2 Å². The summed E-state index contributed by atoms with van der Waals surface area (Å²) in [7, 11) is 0. The number of hydrogen-bond acceptors (Lipinski definition) is 34. The van der Waals surface area contributed by atoms with Crippen LogP contribution in [-0.2, 0) is 0 Å². The minimum absolute atomic E-state index is 0.588. The summed E-state index contributed by atoms with van der Waals surface area (Å²) in [5.41, 5.74) is 11.0. The lowest BCUT2D eigenvalue weighted by atomic mass is 10.2. The minimum atomic E-state index is 0.588. The second-order valence-electron chi connectivity index (χ2n) is 21.2. The molecule has 22 rings (SSSR count). The predicted octanol–water partition coefficient (Wildman–Crippen LogP) is 10.7. The average molecular weight is 1440 g/mol. The Hall–Kier alpha value is -16.7. The Morgan fingerprint density at radius 2 is 0.409 bits per heavy atom. The van der Waals surface area contributed by atoms with Crippen LogP contribution in [0.2, 0.25) is 0 Å². The van der Waals surface area contributed by atoms with E-state index in [4.69, 9.17) is 0 Å². The fourth-order valence-electron chi connectivity index (χ4n) is 8.93. The van der Waals surface area contributed by atoms with Crippen molar-refractivity contribution in [1.82, 2.24) is 169 Å². The Labute approximate surface area is 621 Å². The molecule has 0 aliphatic rings. The topological polar surface area (TPSA) is 438 Å². The average Bonchev–Trinajstić information content (AvgIpc) is 1.05. The Morgan fingerprint density at radius 3 is 0.918 bits per heavy atom. The molecular weight excluding hydrogens is 1390 g/mol. The van der Waals surface area contributed by atoms with Gasteiger partial charge in [0, 0.05) is 206 Å². The van der Waals surface area contributed by atoms with E-state index in [1.54, 1.807) is 180 Å². The number of hydrogen-bond donors (Lipinski definition) is 0. The molecule has 0 aliphatic carbocycles. The van der Waals surface area contributed by atoms with Crippen LogP contribution in [0.3, 0.4) is 0 Å². The van der Waals surface area contributed by atoms with Crippen LogP contribution in [0.1, 0.15) is 0 Å². The number of fused-ring (bicyclic) bond motifs is 11. The van der Waals surface area contributed by atoms with Gasteiger partial charge >= 0.3 is 0 Å². The lowest BCUT2D eigenvalue weighted by Gasteiger charge is -1.91. The van der Waals surface area contributed by atoms with E-state index in [2.05, 4.69) is 169 Å². The first-order valence-corrected chi connectivity index (χ1v) is 32.5. The fraction of sp³-hybridized carbons (Fsp3) is 0. The molecule has 0 saturated heterocycles.